The lowest BCUT2D eigenvalue weighted by Gasteiger charge is -2.38. The van der Waals surface area contributed by atoms with Crippen LogP contribution in [0.3, 0.4) is 0 Å². The molecule has 1 amide bonds. The molecule has 0 aromatic rings. The van der Waals surface area contributed by atoms with Gasteiger partial charge in [0.25, 0.3) is 0 Å². The Hall–Kier alpha value is -0.820. The van der Waals surface area contributed by atoms with Gasteiger partial charge in [0.1, 0.15) is 0 Å². The van der Waals surface area contributed by atoms with Crippen LogP contribution in [0.4, 0.5) is 13.2 Å². The minimum Gasteiger partial charge on any atom is -0.380 e. The van der Waals surface area contributed by atoms with Gasteiger partial charge in [0.2, 0.25) is 5.91 Å². The summed E-state index contributed by atoms with van der Waals surface area (Å²) in [7, 11) is 0. The van der Waals surface area contributed by atoms with Crippen molar-refractivity contribution in [3.05, 3.63) is 0 Å². The monoisotopic (exact) mass is 226 g/mol. The highest BCUT2D eigenvalue weighted by Gasteiger charge is 2.54. The van der Waals surface area contributed by atoms with E-state index in [1.165, 1.54) is 4.90 Å². The van der Waals surface area contributed by atoms with E-state index >= 15 is 0 Å². The average molecular weight is 226 g/mol. The number of piperidine rings is 1. The number of likely N-dealkylation sites (tertiary alicyclic amines) is 1. The number of carbonyl (C=O) groups is 1. The molecule has 1 fully saturated rings. The fourth-order valence-electron chi connectivity index (χ4n) is 1.54. The van der Waals surface area contributed by atoms with E-state index in [9.17, 15) is 23.1 Å². The number of hydrogen-bond donors (Lipinski definition) is 2. The second kappa shape index (κ2) is 3.97. The van der Waals surface area contributed by atoms with Crippen molar-refractivity contribution < 1.29 is 23.1 Å². The number of nitrogens with zero attached hydrogens (tertiary/aromatic N) is 1. The highest BCUT2D eigenvalue weighted by molar-refractivity contribution is 5.78. The molecule has 0 radical (unpaired) electrons. The topological polar surface area (TPSA) is 66.6 Å². The Labute approximate surface area is 84.8 Å². The highest BCUT2D eigenvalue weighted by Crippen LogP contribution is 2.38. The SMILES string of the molecule is NCC(=O)N1CCC(O)(C(F)(F)F)CC1. The Balaban J connectivity index is 2.59. The first-order valence-electron chi connectivity index (χ1n) is 4.57. The summed E-state index contributed by atoms with van der Waals surface area (Å²) >= 11 is 0. The zero-order valence-corrected chi connectivity index (χ0v) is 8.05. The lowest BCUT2D eigenvalue weighted by Crippen LogP contribution is -2.55. The van der Waals surface area contributed by atoms with Crippen LogP contribution in [0.2, 0.25) is 0 Å². The molecule has 0 atom stereocenters. The van der Waals surface area contributed by atoms with Crippen molar-refractivity contribution in [3.63, 3.8) is 0 Å². The second-order valence-corrected chi connectivity index (χ2v) is 3.61. The van der Waals surface area contributed by atoms with Crippen molar-refractivity contribution in [2.45, 2.75) is 24.6 Å². The fraction of sp³-hybridized carbons (Fsp3) is 0.875. The quantitative estimate of drug-likeness (QED) is 0.654. The summed E-state index contributed by atoms with van der Waals surface area (Å²) in [6, 6.07) is 0. The number of alkyl halides is 3. The van der Waals surface area contributed by atoms with Crippen LogP contribution in [-0.4, -0.2) is 47.3 Å². The van der Waals surface area contributed by atoms with Gasteiger partial charge >= 0.3 is 6.18 Å². The largest absolute Gasteiger partial charge is 0.417 e. The molecular formula is C8H13F3N2O2. The number of rotatable bonds is 1. The molecule has 0 aromatic heterocycles. The first-order valence-corrected chi connectivity index (χ1v) is 4.57. The Morgan fingerprint density at radius 2 is 1.87 bits per heavy atom. The van der Waals surface area contributed by atoms with Crippen molar-refractivity contribution in [2.75, 3.05) is 19.6 Å². The molecule has 0 aliphatic carbocycles. The average Bonchev–Trinajstić information content (AvgIpc) is 2.16. The van der Waals surface area contributed by atoms with Crippen LogP contribution in [0.5, 0.6) is 0 Å². The summed E-state index contributed by atoms with van der Waals surface area (Å²) < 4.78 is 37.1. The van der Waals surface area contributed by atoms with E-state index in [0.717, 1.165) is 0 Å². The molecule has 7 heteroatoms. The molecular weight excluding hydrogens is 213 g/mol. The van der Waals surface area contributed by atoms with Gasteiger partial charge in [0.05, 0.1) is 6.54 Å². The number of amides is 1. The third kappa shape index (κ3) is 2.40. The molecule has 0 spiro atoms. The molecule has 0 aromatic carbocycles. The predicted octanol–water partition coefficient (Wildman–Crippen LogP) is -0.139. The zero-order valence-electron chi connectivity index (χ0n) is 8.05. The van der Waals surface area contributed by atoms with Gasteiger partial charge in [-0.3, -0.25) is 4.79 Å². The van der Waals surface area contributed by atoms with Crippen molar-refractivity contribution >= 4 is 5.91 Å². The van der Waals surface area contributed by atoms with E-state index in [-0.39, 0.29) is 25.5 Å². The lowest BCUT2D eigenvalue weighted by molar-refractivity contribution is -0.272. The zero-order chi connectivity index (χ0) is 11.7. The van der Waals surface area contributed by atoms with Gasteiger partial charge in [0.15, 0.2) is 5.60 Å². The number of carbonyl (C=O) groups excluding carboxylic acids is 1. The van der Waals surface area contributed by atoms with Crippen LogP contribution >= 0.6 is 0 Å². The molecule has 1 aliphatic heterocycles. The molecule has 0 saturated carbocycles. The Morgan fingerprint density at radius 1 is 1.40 bits per heavy atom. The summed E-state index contributed by atoms with van der Waals surface area (Å²) in [5.74, 6) is -0.390. The van der Waals surface area contributed by atoms with E-state index in [4.69, 9.17) is 5.73 Å². The van der Waals surface area contributed by atoms with Crippen LogP contribution in [0.15, 0.2) is 0 Å². The molecule has 4 nitrogen and oxygen atoms in total. The predicted molar refractivity (Wildman–Crippen MR) is 45.9 cm³/mol. The van der Waals surface area contributed by atoms with E-state index in [1.807, 2.05) is 0 Å². The number of hydrogen-bond acceptors (Lipinski definition) is 3. The highest BCUT2D eigenvalue weighted by atomic mass is 19.4. The van der Waals surface area contributed by atoms with Crippen LogP contribution in [0.25, 0.3) is 0 Å². The third-order valence-corrected chi connectivity index (χ3v) is 2.65. The maximum Gasteiger partial charge on any atom is 0.417 e. The summed E-state index contributed by atoms with van der Waals surface area (Å²) in [6.45, 7) is -0.428. The minimum atomic E-state index is -4.63. The van der Waals surface area contributed by atoms with Crippen LogP contribution in [0, 0.1) is 0 Å². The van der Waals surface area contributed by atoms with Gasteiger partial charge < -0.3 is 15.7 Å². The van der Waals surface area contributed by atoms with Crippen LogP contribution < -0.4 is 5.73 Å². The fourth-order valence-corrected chi connectivity index (χ4v) is 1.54. The molecule has 1 saturated heterocycles. The van der Waals surface area contributed by atoms with Gasteiger partial charge in [-0.1, -0.05) is 0 Å². The lowest BCUT2D eigenvalue weighted by atomic mass is 9.91. The molecule has 15 heavy (non-hydrogen) atoms. The summed E-state index contributed by atoms with van der Waals surface area (Å²) in [5.41, 5.74) is 2.43. The molecule has 0 bridgehead atoms. The van der Waals surface area contributed by atoms with Gasteiger partial charge in [-0.25, -0.2) is 0 Å². The molecule has 0 unspecified atom stereocenters. The Bertz CT molecular complexity index is 247. The number of nitrogens with two attached hydrogens (primary N) is 1. The number of halogens is 3. The standard InChI is InChI=1S/C8H13F3N2O2/c9-8(10,11)7(15)1-3-13(4-2-7)6(14)5-12/h15H,1-5,12H2. The molecule has 1 aliphatic rings. The van der Waals surface area contributed by atoms with Crippen molar-refractivity contribution in [1.82, 2.24) is 4.90 Å². The maximum atomic E-state index is 12.4. The van der Waals surface area contributed by atoms with E-state index < -0.39 is 24.6 Å². The smallest absolute Gasteiger partial charge is 0.380 e. The van der Waals surface area contributed by atoms with Crippen LogP contribution in [0.1, 0.15) is 12.8 Å². The summed E-state index contributed by atoms with van der Waals surface area (Å²) in [6.07, 6.45) is -5.60. The van der Waals surface area contributed by atoms with Crippen molar-refractivity contribution in [3.8, 4) is 0 Å². The minimum absolute atomic E-state index is 0.105. The molecule has 3 N–H and O–H groups in total. The van der Waals surface area contributed by atoms with Crippen molar-refractivity contribution in [2.24, 2.45) is 5.73 Å². The van der Waals surface area contributed by atoms with Gasteiger partial charge in [-0.15, -0.1) is 0 Å². The first kappa shape index (κ1) is 12.3. The first-order chi connectivity index (χ1) is 6.80. The summed E-state index contributed by atoms with van der Waals surface area (Å²) in [5, 5.41) is 9.29. The summed E-state index contributed by atoms with van der Waals surface area (Å²) in [4.78, 5) is 12.3. The second-order valence-electron chi connectivity index (χ2n) is 3.61. The maximum absolute atomic E-state index is 12.4. The normalized spacial score (nSPS) is 21.5. The van der Waals surface area contributed by atoms with Gasteiger partial charge in [-0.05, 0) is 0 Å². The van der Waals surface area contributed by atoms with Crippen molar-refractivity contribution in [1.29, 1.82) is 0 Å². The third-order valence-electron chi connectivity index (χ3n) is 2.65. The molecule has 1 heterocycles. The van der Waals surface area contributed by atoms with Gasteiger partial charge in [0, 0.05) is 25.9 Å². The van der Waals surface area contributed by atoms with E-state index in [0.29, 0.717) is 0 Å². The van der Waals surface area contributed by atoms with E-state index in [2.05, 4.69) is 0 Å². The molecule has 88 valence electrons. The Morgan fingerprint density at radius 3 is 2.20 bits per heavy atom. The molecule has 1 rings (SSSR count). The Kier molecular flexibility index (Phi) is 3.25. The van der Waals surface area contributed by atoms with E-state index in [1.54, 1.807) is 0 Å². The van der Waals surface area contributed by atoms with Crippen LogP contribution in [-0.2, 0) is 4.79 Å². The number of aliphatic hydroxyl groups is 1. The van der Waals surface area contributed by atoms with Gasteiger partial charge in [-0.2, -0.15) is 13.2 Å².